The molecule has 0 aliphatic carbocycles. The zero-order valence-corrected chi connectivity index (χ0v) is 21.4. The third-order valence-corrected chi connectivity index (χ3v) is 6.96. The first-order valence-electron chi connectivity index (χ1n) is 12.8. The van der Waals surface area contributed by atoms with Crippen LogP contribution in [0.1, 0.15) is 41.2 Å². The topological polar surface area (TPSA) is 103 Å². The number of aliphatic hydroxyl groups excluding tert-OH is 1. The van der Waals surface area contributed by atoms with Crippen LogP contribution in [0.15, 0.2) is 48.5 Å². The highest BCUT2D eigenvalue weighted by Gasteiger charge is 2.32. The van der Waals surface area contributed by atoms with Crippen molar-refractivity contribution in [3.8, 4) is 11.1 Å². The first-order chi connectivity index (χ1) is 18.1. The van der Waals surface area contributed by atoms with E-state index in [0.717, 1.165) is 28.9 Å². The van der Waals surface area contributed by atoms with Crippen molar-refractivity contribution < 1.29 is 14.6 Å². The van der Waals surface area contributed by atoms with Crippen molar-refractivity contribution in [2.45, 2.75) is 39.2 Å². The Balaban J connectivity index is 1.38. The number of hydrogen-bond acceptors (Lipinski definition) is 7. The molecule has 0 bridgehead atoms. The molecule has 9 heteroatoms. The van der Waals surface area contributed by atoms with Gasteiger partial charge in [-0.3, -0.25) is 0 Å². The molecule has 3 heterocycles. The number of aromatic nitrogens is 2. The van der Waals surface area contributed by atoms with Gasteiger partial charge in [-0.1, -0.05) is 42.5 Å². The van der Waals surface area contributed by atoms with E-state index in [1.807, 2.05) is 11.9 Å². The van der Waals surface area contributed by atoms with Crippen molar-refractivity contribution in [1.82, 2.24) is 25.1 Å². The van der Waals surface area contributed by atoms with E-state index in [1.54, 1.807) is 4.90 Å². The van der Waals surface area contributed by atoms with E-state index >= 15 is 0 Å². The predicted octanol–water partition coefficient (Wildman–Crippen LogP) is 3.30. The van der Waals surface area contributed by atoms with Gasteiger partial charge in [-0.05, 0) is 42.3 Å². The summed E-state index contributed by atoms with van der Waals surface area (Å²) in [7, 11) is 1.95. The van der Waals surface area contributed by atoms with E-state index in [1.165, 1.54) is 11.1 Å². The van der Waals surface area contributed by atoms with E-state index in [0.29, 0.717) is 51.0 Å². The molecule has 9 nitrogen and oxygen atoms in total. The molecule has 1 saturated heterocycles. The van der Waals surface area contributed by atoms with Gasteiger partial charge in [-0.2, -0.15) is 0 Å². The minimum Gasteiger partial charge on any atom is -0.388 e. The Morgan fingerprint density at radius 1 is 1.08 bits per heavy atom. The molecule has 5 rings (SSSR count). The highest BCUT2D eigenvalue weighted by molar-refractivity contribution is 5.76. The van der Waals surface area contributed by atoms with Gasteiger partial charge in [0, 0.05) is 31.2 Å². The molecule has 0 saturated carbocycles. The Morgan fingerprint density at radius 3 is 2.68 bits per heavy atom. The maximum atomic E-state index is 13.1. The quantitative estimate of drug-likeness (QED) is 0.456. The second-order valence-electron chi connectivity index (χ2n) is 9.49. The minimum atomic E-state index is -0.258. The lowest BCUT2D eigenvalue weighted by atomic mass is 9.96. The van der Waals surface area contributed by atoms with E-state index < -0.39 is 0 Å². The van der Waals surface area contributed by atoms with Crippen molar-refractivity contribution in [2.75, 3.05) is 38.7 Å². The van der Waals surface area contributed by atoms with Crippen LogP contribution in [0, 0.1) is 0 Å². The highest BCUT2D eigenvalue weighted by Crippen LogP contribution is 2.32. The van der Waals surface area contributed by atoms with Crippen LogP contribution in [0.25, 0.3) is 11.1 Å². The van der Waals surface area contributed by atoms with Crippen molar-refractivity contribution in [3.05, 3.63) is 76.7 Å². The van der Waals surface area contributed by atoms with Gasteiger partial charge in [-0.25, -0.2) is 14.8 Å². The molecule has 2 amide bonds. The average molecular weight is 503 g/mol. The van der Waals surface area contributed by atoms with Crippen LogP contribution in [0.2, 0.25) is 0 Å². The fourth-order valence-electron chi connectivity index (χ4n) is 5.00. The number of urea groups is 1. The maximum absolute atomic E-state index is 13.1. The molecule has 0 radical (unpaired) electrons. The summed E-state index contributed by atoms with van der Waals surface area (Å²) < 4.78 is 5.39. The fraction of sp³-hybridized carbons (Fsp3) is 0.393. The Hall–Kier alpha value is -3.53. The average Bonchev–Trinajstić information content (AvgIpc) is 3.38. The summed E-state index contributed by atoms with van der Waals surface area (Å²) in [4.78, 5) is 25.8. The van der Waals surface area contributed by atoms with Gasteiger partial charge >= 0.3 is 6.03 Å². The summed E-state index contributed by atoms with van der Waals surface area (Å²) in [5.74, 6) is 1.02. The smallest absolute Gasteiger partial charge is 0.320 e. The fourth-order valence-corrected chi connectivity index (χ4v) is 5.00. The van der Waals surface area contributed by atoms with Crippen LogP contribution < -0.4 is 10.6 Å². The molecule has 3 aromatic rings. The molecular weight excluding hydrogens is 468 g/mol. The van der Waals surface area contributed by atoms with Crippen molar-refractivity contribution in [3.63, 3.8) is 0 Å². The number of aliphatic hydroxyl groups is 1. The van der Waals surface area contributed by atoms with Gasteiger partial charge in [0.2, 0.25) is 0 Å². The number of amides is 2. The van der Waals surface area contributed by atoms with E-state index in [9.17, 15) is 9.90 Å². The molecular formula is C28H34N6O3. The first kappa shape index (κ1) is 25.1. The largest absolute Gasteiger partial charge is 0.388 e. The number of hydrogen-bond donors (Lipinski definition) is 3. The number of anilines is 1. The van der Waals surface area contributed by atoms with Crippen molar-refractivity contribution in [2.24, 2.45) is 0 Å². The van der Waals surface area contributed by atoms with Crippen LogP contribution >= 0.6 is 0 Å². The molecule has 3 N–H and O–H groups in total. The summed E-state index contributed by atoms with van der Waals surface area (Å²) >= 11 is 0. The Bertz CT molecular complexity index is 1260. The summed E-state index contributed by atoms with van der Waals surface area (Å²) in [6.45, 7) is 5.78. The van der Waals surface area contributed by atoms with Gasteiger partial charge in [0.15, 0.2) is 5.82 Å². The standard InChI is InChI=1S/C28H34N6O3/c1-19(20-7-5-8-21(14-20)23-9-4-3-6-22(23)15-29-2)30-27-24-16-34(17-25(24)31-26(18-35)32-27)28(36)33-10-12-37-13-11-33/h3-9,14,19,29,35H,10-13,15-18H2,1-2H3,(H,30,31,32). The number of nitrogens with zero attached hydrogens (tertiary/aromatic N) is 4. The minimum absolute atomic E-state index is 0.0150. The second-order valence-corrected chi connectivity index (χ2v) is 9.49. The van der Waals surface area contributed by atoms with Crippen LogP contribution in [0.4, 0.5) is 10.6 Å². The predicted molar refractivity (Wildman–Crippen MR) is 142 cm³/mol. The van der Waals surface area contributed by atoms with Crippen LogP contribution in [0.3, 0.4) is 0 Å². The number of morpholine rings is 1. The monoisotopic (exact) mass is 502 g/mol. The number of rotatable bonds is 7. The number of benzene rings is 2. The van der Waals surface area contributed by atoms with Gasteiger partial charge in [-0.15, -0.1) is 0 Å². The summed E-state index contributed by atoms with van der Waals surface area (Å²) in [5, 5.41) is 16.6. The van der Waals surface area contributed by atoms with Gasteiger partial charge in [0.25, 0.3) is 0 Å². The Morgan fingerprint density at radius 2 is 1.89 bits per heavy atom. The zero-order valence-electron chi connectivity index (χ0n) is 21.4. The van der Waals surface area contributed by atoms with Gasteiger partial charge in [0.05, 0.1) is 32.0 Å². The number of ether oxygens (including phenoxy) is 1. The third kappa shape index (κ3) is 5.44. The maximum Gasteiger partial charge on any atom is 0.320 e. The molecule has 37 heavy (non-hydrogen) atoms. The number of nitrogens with one attached hydrogen (secondary N) is 2. The van der Waals surface area contributed by atoms with E-state index in [-0.39, 0.29) is 18.7 Å². The molecule has 2 aliphatic rings. The second kappa shape index (κ2) is 11.2. The van der Waals surface area contributed by atoms with Crippen LogP contribution in [-0.4, -0.2) is 64.3 Å². The number of fused-ring (bicyclic) bond motifs is 1. The van der Waals surface area contributed by atoms with Gasteiger partial charge in [0.1, 0.15) is 12.4 Å². The van der Waals surface area contributed by atoms with Gasteiger partial charge < -0.3 is 30.3 Å². The molecule has 1 aromatic heterocycles. The lowest BCUT2D eigenvalue weighted by Gasteiger charge is -2.30. The normalized spacial score (nSPS) is 16.0. The summed E-state index contributed by atoms with van der Waals surface area (Å²) in [5.41, 5.74) is 6.41. The van der Waals surface area contributed by atoms with Crippen molar-refractivity contribution >= 4 is 11.8 Å². The lowest BCUT2D eigenvalue weighted by Crippen LogP contribution is -2.46. The molecule has 1 unspecified atom stereocenters. The van der Waals surface area contributed by atoms with E-state index in [4.69, 9.17) is 4.74 Å². The zero-order chi connectivity index (χ0) is 25.8. The summed E-state index contributed by atoms with van der Waals surface area (Å²) in [6.07, 6.45) is 0. The number of carbonyl (C=O) groups excluding carboxylic acids is 1. The Labute approximate surface area is 217 Å². The highest BCUT2D eigenvalue weighted by atomic mass is 16.5. The van der Waals surface area contributed by atoms with Crippen LogP contribution in [-0.2, 0) is 31.0 Å². The lowest BCUT2D eigenvalue weighted by molar-refractivity contribution is 0.0429. The van der Waals surface area contributed by atoms with E-state index in [2.05, 4.69) is 76.1 Å². The molecule has 1 atom stereocenters. The van der Waals surface area contributed by atoms with Crippen molar-refractivity contribution in [1.29, 1.82) is 0 Å². The molecule has 194 valence electrons. The first-order valence-corrected chi connectivity index (χ1v) is 12.8. The number of carbonyl (C=O) groups is 1. The third-order valence-electron chi connectivity index (χ3n) is 6.96. The molecule has 0 spiro atoms. The molecule has 2 aromatic carbocycles. The van der Waals surface area contributed by atoms with Crippen LogP contribution in [0.5, 0.6) is 0 Å². The molecule has 2 aliphatic heterocycles. The Kier molecular flexibility index (Phi) is 7.64. The molecule has 1 fully saturated rings. The summed E-state index contributed by atoms with van der Waals surface area (Å²) in [6, 6.07) is 16.9. The SMILES string of the molecule is CNCc1ccccc1-c1cccc(C(C)Nc2nc(CO)nc3c2CN(C(=O)N2CCOCC2)C3)c1.